The van der Waals surface area contributed by atoms with Crippen LogP contribution in [0.3, 0.4) is 0 Å². The second-order valence-electron chi connectivity index (χ2n) is 4.55. The Morgan fingerprint density at radius 3 is 2.85 bits per heavy atom. The molecule has 1 aliphatic rings. The number of rotatable bonds is 2. The van der Waals surface area contributed by atoms with Crippen molar-refractivity contribution in [3.05, 3.63) is 58.1 Å². The van der Waals surface area contributed by atoms with Crippen molar-refractivity contribution in [2.45, 2.75) is 6.04 Å². The maximum atomic E-state index is 11.0. The molecule has 4 nitrogen and oxygen atoms in total. The van der Waals surface area contributed by atoms with E-state index in [2.05, 4.69) is 21.2 Å². The van der Waals surface area contributed by atoms with E-state index in [1.165, 1.54) is 0 Å². The van der Waals surface area contributed by atoms with Gasteiger partial charge in [-0.1, -0.05) is 34.1 Å². The van der Waals surface area contributed by atoms with E-state index in [-0.39, 0.29) is 11.6 Å². The summed E-state index contributed by atoms with van der Waals surface area (Å²) in [7, 11) is 0. The minimum Gasteiger partial charge on any atom is -0.489 e. The van der Waals surface area contributed by atoms with Crippen LogP contribution in [-0.2, 0) is 0 Å². The molecule has 0 bridgehead atoms. The molecule has 102 valence electrons. The van der Waals surface area contributed by atoms with Crippen LogP contribution in [0.2, 0.25) is 0 Å². The molecular formula is C15H12BrNO3. The Morgan fingerprint density at radius 2 is 2.10 bits per heavy atom. The molecule has 2 aromatic rings. The van der Waals surface area contributed by atoms with E-state index in [0.717, 1.165) is 10.0 Å². The third-order valence-corrected chi connectivity index (χ3v) is 3.96. The quantitative estimate of drug-likeness (QED) is 0.879. The SMILES string of the molecule is O=C(O)c1ccc2c(c1)NC(c1ccccc1Br)CO2. The van der Waals surface area contributed by atoms with E-state index in [1.54, 1.807) is 18.2 Å². The highest BCUT2D eigenvalue weighted by atomic mass is 79.9. The zero-order valence-electron chi connectivity index (χ0n) is 10.5. The second kappa shape index (κ2) is 5.17. The van der Waals surface area contributed by atoms with Crippen LogP contribution >= 0.6 is 15.9 Å². The summed E-state index contributed by atoms with van der Waals surface area (Å²) in [6.07, 6.45) is 0. The molecule has 3 rings (SSSR count). The highest BCUT2D eigenvalue weighted by molar-refractivity contribution is 9.10. The van der Waals surface area contributed by atoms with Gasteiger partial charge < -0.3 is 15.2 Å². The zero-order valence-corrected chi connectivity index (χ0v) is 12.1. The predicted molar refractivity (Wildman–Crippen MR) is 79.4 cm³/mol. The van der Waals surface area contributed by atoms with Crippen molar-refractivity contribution in [1.29, 1.82) is 0 Å². The lowest BCUT2D eigenvalue weighted by atomic mass is 10.0. The summed E-state index contributed by atoms with van der Waals surface area (Å²) >= 11 is 3.52. The first-order valence-corrected chi connectivity index (χ1v) is 6.95. The highest BCUT2D eigenvalue weighted by Gasteiger charge is 2.22. The van der Waals surface area contributed by atoms with Gasteiger partial charge in [-0.3, -0.25) is 0 Å². The molecule has 0 saturated carbocycles. The monoisotopic (exact) mass is 333 g/mol. The number of carboxylic acids is 1. The van der Waals surface area contributed by atoms with Crippen LogP contribution in [0.25, 0.3) is 0 Å². The number of anilines is 1. The smallest absolute Gasteiger partial charge is 0.335 e. The molecule has 0 radical (unpaired) electrons. The van der Waals surface area contributed by atoms with Crippen molar-refractivity contribution in [3.63, 3.8) is 0 Å². The summed E-state index contributed by atoms with van der Waals surface area (Å²) in [5.74, 6) is -0.268. The summed E-state index contributed by atoms with van der Waals surface area (Å²) in [5, 5.41) is 12.4. The second-order valence-corrected chi connectivity index (χ2v) is 5.40. The van der Waals surface area contributed by atoms with Crippen LogP contribution in [0.4, 0.5) is 5.69 Å². The third kappa shape index (κ3) is 2.36. The van der Waals surface area contributed by atoms with Gasteiger partial charge in [-0.2, -0.15) is 0 Å². The van der Waals surface area contributed by atoms with Crippen LogP contribution in [0, 0.1) is 0 Å². The molecule has 20 heavy (non-hydrogen) atoms. The first kappa shape index (κ1) is 13.0. The van der Waals surface area contributed by atoms with Crippen LogP contribution in [-0.4, -0.2) is 17.7 Å². The highest BCUT2D eigenvalue weighted by Crippen LogP contribution is 2.36. The Hall–Kier alpha value is -2.01. The number of fused-ring (bicyclic) bond motifs is 1. The zero-order chi connectivity index (χ0) is 14.1. The number of halogens is 1. The normalized spacial score (nSPS) is 16.8. The Morgan fingerprint density at radius 1 is 1.30 bits per heavy atom. The minimum absolute atomic E-state index is 0.0119. The van der Waals surface area contributed by atoms with E-state index in [1.807, 2.05) is 24.3 Å². The van der Waals surface area contributed by atoms with Crippen molar-refractivity contribution in [2.24, 2.45) is 0 Å². The summed E-state index contributed by atoms with van der Waals surface area (Å²) in [6.45, 7) is 0.502. The summed E-state index contributed by atoms with van der Waals surface area (Å²) in [5.41, 5.74) is 2.03. The van der Waals surface area contributed by atoms with E-state index in [4.69, 9.17) is 9.84 Å². The molecule has 0 saturated heterocycles. The van der Waals surface area contributed by atoms with E-state index in [0.29, 0.717) is 18.0 Å². The fraction of sp³-hybridized carbons (Fsp3) is 0.133. The Labute approximate surface area is 124 Å². The molecule has 1 heterocycles. The molecule has 2 N–H and O–H groups in total. The van der Waals surface area contributed by atoms with Gasteiger partial charge in [0.2, 0.25) is 0 Å². The molecule has 1 unspecified atom stereocenters. The number of ether oxygens (including phenoxy) is 1. The average Bonchev–Trinajstić information content (AvgIpc) is 2.46. The minimum atomic E-state index is -0.947. The fourth-order valence-corrected chi connectivity index (χ4v) is 2.79. The van der Waals surface area contributed by atoms with Crippen molar-refractivity contribution in [1.82, 2.24) is 0 Å². The molecule has 1 atom stereocenters. The van der Waals surface area contributed by atoms with Gasteiger partial charge in [-0.15, -0.1) is 0 Å². The van der Waals surface area contributed by atoms with Gasteiger partial charge in [0.15, 0.2) is 0 Å². The Kier molecular flexibility index (Phi) is 3.36. The van der Waals surface area contributed by atoms with Crippen LogP contribution in [0.1, 0.15) is 22.0 Å². The molecule has 0 fully saturated rings. The number of aromatic carboxylic acids is 1. The van der Waals surface area contributed by atoms with Crippen molar-refractivity contribution in [2.75, 3.05) is 11.9 Å². The molecule has 0 aromatic heterocycles. The van der Waals surface area contributed by atoms with E-state index in [9.17, 15) is 4.79 Å². The molecule has 1 aliphatic heterocycles. The number of carboxylic acid groups (broad SMARTS) is 1. The van der Waals surface area contributed by atoms with Gasteiger partial charge in [-0.25, -0.2) is 4.79 Å². The number of hydrogen-bond acceptors (Lipinski definition) is 3. The number of benzene rings is 2. The average molecular weight is 334 g/mol. The lowest BCUT2D eigenvalue weighted by molar-refractivity contribution is 0.0697. The van der Waals surface area contributed by atoms with Gasteiger partial charge in [0.1, 0.15) is 12.4 Å². The maximum Gasteiger partial charge on any atom is 0.335 e. The van der Waals surface area contributed by atoms with Gasteiger partial charge in [0, 0.05) is 4.47 Å². The van der Waals surface area contributed by atoms with E-state index < -0.39 is 5.97 Å². The summed E-state index contributed by atoms with van der Waals surface area (Å²) < 4.78 is 6.70. The van der Waals surface area contributed by atoms with Gasteiger partial charge >= 0.3 is 5.97 Å². The Bertz CT molecular complexity index is 672. The lowest BCUT2D eigenvalue weighted by Gasteiger charge is -2.28. The maximum absolute atomic E-state index is 11.0. The largest absolute Gasteiger partial charge is 0.489 e. The lowest BCUT2D eigenvalue weighted by Crippen LogP contribution is -2.24. The Balaban J connectivity index is 1.93. The van der Waals surface area contributed by atoms with E-state index >= 15 is 0 Å². The van der Waals surface area contributed by atoms with Gasteiger partial charge in [-0.05, 0) is 29.8 Å². The van der Waals surface area contributed by atoms with Crippen LogP contribution < -0.4 is 10.1 Å². The van der Waals surface area contributed by atoms with Gasteiger partial charge in [0.05, 0.1) is 17.3 Å². The first-order chi connectivity index (χ1) is 9.65. The molecule has 0 spiro atoms. The standard InChI is InChI=1S/C15H12BrNO3/c16-11-4-2-1-3-10(11)13-8-20-14-6-5-9(15(18)19)7-12(14)17-13/h1-7,13,17H,8H2,(H,18,19). The molecule has 0 aliphatic carbocycles. The van der Waals surface area contributed by atoms with Gasteiger partial charge in [0.25, 0.3) is 0 Å². The number of hydrogen-bond donors (Lipinski definition) is 2. The number of carbonyl (C=O) groups is 1. The predicted octanol–water partition coefficient (Wildman–Crippen LogP) is 3.69. The van der Waals surface area contributed by atoms with Crippen molar-refractivity contribution in [3.8, 4) is 5.75 Å². The summed E-state index contributed by atoms with van der Waals surface area (Å²) in [6, 6.07) is 12.7. The number of nitrogens with one attached hydrogen (secondary N) is 1. The third-order valence-electron chi connectivity index (χ3n) is 3.24. The molecular weight excluding hydrogens is 322 g/mol. The molecule has 2 aromatic carbocycles. The fourth-order valence-electron chi connectivity index (χ4n) is 2.23. The van der Waals surface area contributed by atoms with Crippen LogP contribution in [0.15, 0.2) is 46.9 Å². The van der Waals surface area contributed by atoms with Crippen molar-refractivity contribution < 1.29 is 14.6 Å². The van der Waals surface area contributed by atoms with Crippen molar-refractivity contribution >= 4 is 27.6 Å². The molecule has 0 amide bonds. The summed E-state index contributed by atoms with van der Waals surface area (Å²) in [4.78, 5) is 11.0. The topological polar surface area (TPSA) is 58.6 Å². The van der Waals surface area contributed by atoms with Crippen LogP contribution in [0.5, 0.6) is 5.75 Å². The molecule has 5 heteroatoms. The first-order valence-electron chi connectivity index (χ1n) is 6.16.